The average Bonchev–Trinajstić information content (AvgIpc) is 3.21. The SMILES string of the molecule is CC/C=C\C/C=C\C/C=C\C/C=C\C/C=C\CCCCCC(=O)OCC(COC1OC(C(=O)O)C(O)C(O)C1O)OC(=O)CC/C=C\C/C=C\C/C=C\C/C=C\CC. The summed E-state index contributed by atoms with van der Waals surface area (Å²) < 4.78 is 21.6. The van der Waals surface area contributed by atoms with Crippen LogP contribution in [0, 0.1) is 0 Å². The number of allylic oxidation sites excluding steroid dienone is 18. The number of aliphatic carboxylic acids is 1. The zero-order valence-electron chi connectivity index (χ0n) is 34.7. The molecule has 0 aliphatic carbocycles. The Hall–Kier alpha value is -4.13. The van der Waals surface area contributed by atoms with Gasteiger partial charge in [-0.1, -0.05) is 130 Å². The Balaban J connectivity index is 2.47. The van der Waals surface area contributed by atoms with Crippen molar-refractivity contribution in [1.82, 2.24) is 0 Å². The van der Waals surface area contributed by atoms with Gasteiger partial charge in [0, 0.05) is 12.8 Å². The van der Waals surface area contributed by atoms with Crippen molar-refractivity contribution in [2.45, 2.75) is 153 Å². The van der Waals surface area contributed by atoms with E-state index in [0.29, 0.717) is 12.8 Å². The molecule has 324 valence electrons. The summed E-state index contributed by atoms with van der Waals surface area (Å²) in [5.74, 6) is -2.61. The predicted octanol–water partition coefficient (Wildman–Crippen LogP) is 8.64. The lowest BCUT2D eigenvalue weighted by atomic mass is 9.99. The first-order valence-corrected chi connectivity index (χ1v) is 20.9. The third-order valence-corrected chi connectivity index (χ3v) is 8.63. The maximum absolute atomic E-state index is 12.7. The van der Waals surface area contributed by atoms with Gasteiger partial charge in [-0.25, -0.2) is 4.79 Å². The Kier molecular flexibility index (Phi) is 32.2. The van der Waals surface area contributed by atoms with Gasteiger partial charge in [-0.05, 0) is 83.5 Å². The summed E-state index contributed by atoms with van der Waals surface area (Å²) in [5.41, 5.74) is 0. The summed E-state index contributed by atoms with van der Waals surface area (Å²) >= 11 is 0. The number of carbonyl (C=O) groups is 3. The minimum Gasteiger partial charge on any atom is -0.479 e. The number of hydrogen-bond acceptors (Lipinski definition) is 10. The lowest BCUT2D eigenvalue weighted by Gasteiger charge is -2.38. The number of carbonyl (C=O) groups excluding carboxylic acids is 2. The minimum atomic E-state index is -1.88. The summed E-state index contributed by atoms with van der Waals surface area (Å²) in [6.07, 6.45) is 40.2. The van der Waals surface area contributed by atoms with E-state index >= 15 is 0 Å². The van der Waals surface area contributed by atoms with Crippen molar-refractivity contribution >= 4 is 17.9 Å². The molecule has 4 N–H and O–H groups in total. The van der Waals surface area contributed by atoms with E-state index in [1.165, 1.54) is 0 Å². The number of hydrogen-bond donors (Lipinski definition) is 4. The predicted molar refractivity (Wildman–Crippen MR) is 229 cm³/mol. The molecule has 1 rings (SSSR count). The fourth-order valence-electron chi connectivity index (χ4n) is 5.39. The summed E-state index contributed by atoms with van der Waals surface area (Å²) in [4.78, 5) is 36.7. The van der Waals surface area contributed by atoms with Gasteiger partial charge in [0.2, 0.25) is 0 Å². The number of aliphatic hydroxyl groups is 3. The number of carboxylic acids is 1. The van der Waals surface area contributed by atoms with E-state index in [9.17, 15) is 34.8 Å². The molecule has 1 heterocycles. The number of rotatable bonds is 32. The molecule has 0 spiro atoms. The Morgan fingerprint density at radius 2 is 1.00 bits per heavy atom. The second kappa shape index (κ2) is 36.0. The van der Waals surface area contributed by atoms with Crippen LogP contribution in [0.15, 0.2) is 109 Å². The standard InChI is InChI=1S/C47H70O11/c1-3-5-7-9-11-13-15-17-18-19-20-21-22-24-25-27-29-31-33-35-40(48)55-37-39(38-56-47-44(52)42(50)43(51)45(58-47)46(53)54)57-41(49)36-34-32-30-28-26-23-16-14-12-10-8-6-4-2/h5-8,11-14,17-18,20-21,23-26,30,32,39,42-45,47,50-52H,3-4,9-10,15-16,19,22,27-29,31,33-38H2,1-2H3,(H,53,54)/b7-5-,8-6-,13-11-,14-12-,18-17-,21-20-,25-24-,26-23-,32-30-. The molecular weight excluding hydrogens is 741 g/mol. The van der Waals surface area contributed by atoms with Crippen molar-refractivity contribution in [3.05, 3.63) is 109 Å². The topological polar surface area (TPSA) is 169 Å². The lowest BCUT2D eigenvalue weighted by Crippen LogP contribution is -2.60. The monoisotopic (exact) mass is 810 g/mol. The van der Waals surface area contributed by atoms with Crippen molar-refractivity contribution in [3.63, 3.8) is 0 Å². The summed E-state index contributed by atoms with van der Waals surface area (Å²) in [7, 11) is 0. The molecule has 1 aliphatic heterocycles. The van der Waals surface area contributed by atoms with Gasteiger partial charge in [-0.2, -0.15) is 0 Å². The van der Waals surface area contributed by atoms with Crippen molar-refractivity contribution in [2.24, 2.45) is 0 Å². The van der Waals surface area contributed by atoms with E-state index in [1.807, 2.05) is 18.2 Å². The van der Waals surface area contributed by atoms with E-state index in [-0.39, 0.29) is 19.4 Å². The Morgan fingerprint density at radius 3 is 1.48 bits per heavy atom. The second-order valence-corrected chi connectivity index (χ2v) is 13.7. The first-order chi connectivity index (χ1) is 28.2. The van der Waals surface area contributed by atoms with Crippen LogP contribution in [0.2, 0.25) is 0 Å². The zero-order valence-corrected chi connectivity index (χ0v) is 34.7. The lowest BCUT2D eigenvalue weighted by molar-refractivity contribution is -0.298. The number of aliphatic hydroxyl groups excluding tert-OH is 3. The minimum absolute atomic E-state index is 0.0467. The highest BCUT2D eigenvalue weighted by molar-refractivity contribution is 5.73. The highest BCUT2D eigenvalue weighted by Gasteiger charge is 2.47. The number of carboxylic acid groups (broad SMARTS) is 1. The van der Waals surface area contributed by atoms with Gasteiger partial charge in [0.15, 0.2) is 18.5 Å². The summed E-state index contributed by atoms with van der Waals surface area (Å²) in [6.45, 7) is 3.46. The van der Waals surface area contributed by atoms with Gasteiger partial charge in [0.25, 0.3) is 0 Å². The molecule has 0 amide bonds. The molecule has 0 aromatic heterocycles. The molecule has 0 saturated carbocycles. The molecule has 0 bridgehead atoms. The molecule has 11 heteroatoms. The number of esters is 2. The zero-order chi connectivity index (χ0) is 42.5. The molecule has 58 heavy (non-hydrogen) atoms. The quantitative estimate of drug-likeness (QED) is 0.0292. The number of ether oxygens (including phenoxy) is 4. The molecular formula is C47H70O11. The van der Waals surface area contributed by atoms with Crippen molar-refractivity contribution in [1.29, 1.82) is 0 Å². The van der Waals surface area contributed by atoms with Gasteiger partial charge < -0.3 is 39.4 Å². The third kappa shape index (κ3) is 27.5. The van der Waals surface area contributed by atoms with E-state index in [2.05, 4.69) is 105 Å². The van der Waals surface area contributed by atoms with E-state index in [4.69, 9.17) is 18.9 Å². The normalized spacial score (nSPS) is 21.2. The summed E-state index contributed by atoms with van der Waals surface area (Å²) in [6, 6.07) is 0. The Labute approximate surface area is 346 Å². The highest BCUT2D eigenvalue weighted by Crippen LogP contribution is 2.23. The molecule has 0 aromatic rings. The van der Waals surface area contributed by atoms with Crippen molar-refractivity contribution in [2.75, 3.05) is 13.2 Å². The van der Waals surface area contributed by atoms with E-state index in [0.717, 1.165) is 77.0 Å². The van der Waals surface area contributed by atoms with Crippen LogP contribution in [0.5, 0.6) is 0 Å². The molecule has 1 fully saturated rings. The van der Waals surface area contributed by atoms with Gasteiger partial charge in [0.05, 0.1) is 6.61 Å². The molecule has 0 radical (unpaired) electrons. The average molecular weight is 811 g/mol. The largest absolute Gasteiger partial charge is 0.479 e. The molecule has 1 saturated heterocycles. The maximum atomic E-state index is 12.7. The molecule has 11 nitrogen and oxygen atoms in total. The Bertz CT molecular complexity index is 1370. The van der Waals surface area contributed by atoms with Crippen molar-refractivity contribution in [3.8, 4) is 0 Å². The van der Waals surface area contributed by atoms with Gasteiger partial charge >= 0.3 is 17.9 Å². The summed E-state index contributed by atoms with van der Waals surface area (Å²) in [5, 5.41) is 39.7. The maximum Gasteiger partial charge on any atom is 0.335 e. The first-order valence-electron chi connectivity index (χ1n) is 20.9. The van der Waals surface area contributed by atoms with Crippen LogP contribution in [0.1, 0.15) is 117 Å². The van der Waals surface area contributed by atoms with Crippen LogP contribution in [-0.2, 0) is 33.3 Å². The van der Waals surface area contributed by atoms with Gasteiger partial charge in [-0.15, -0.1) is 0 Å². The number of unbranched alkanes of at least 4 members (excludes halogenated alkanes) is 3. The van der Waals surface area contributed by atoms with Crippen LogP contribution < -0.4 is 0 Å². The highest BCUT2D eigenvalue weighted by atomic mass is 16.7. The van der Waals surface area contributed by atoms with E-state index < -0.39 is 61.3 Å². The Morgan fingerprint density at radius 1 is 0.534 bits per heavy atom. The molecule has 0 aromatic carbocycles. The van der Waals surface area contributed by atoms with Gasteiger partial charge in [0.1, 0.15) is 24.9 Å². The first kappa shape index (κ1) is 51.9. The van der Waals surface area contributed by atoms with Crippen LogP contribution in [0.3, 0.4) is 0 Å². The van der Waals surface area contributed by atoms with Crippen LogP contribution in [0.4, 0.5) is 0 Å². The van der Waals surface area contributed by atoms with Crippen molar-refractivity contribution < 1.29 is 53.8 Å². The molecule has 6 unspecified atom stereocenters. The second-order valence-electron chi connectivity index (χ2n) is 13.7. The van der Waals surface area contributed by atoms with Crippen LogP contribution in [0.25, 0.3) is 0 Å². The van der Waals surface area contributed by atoms with E-state index in [1.54, 1.807) is 0 Å². The fourth-order valence-corrected chi connectivity index (χ4v) is 5.39. The third-order valence-electron chi connectivity index (χ3n) is 8.63. The molecule has 1 aliphatic rings. The molecule has 6 atom stereocenters. The smallest absolute Gasteiger partial charge is 0.335 e. The van der Waals surface area contributed by atoms with Gasteiger partial charge in [-0.3, -0.25) is 9.59 Å². The van der Waals surface area contributed by atoms with Crippen LogP contribution in [-0.4, -0.2) is 88.4 Å². The fraction of sp³-hybridized carbons (Fsp3) is 0.553. The van der Waals surface area contributed by atoms with Crippen LogP contribution >= 0.6 is 0 Å².